The van der Waals surface area contributed by atoms with Gasteiger partial charge in [0.25, 0.3) is 5.92 Å². The summed E-state index contributed by atoms with van der Waals surface area (Å²) in [6, 6.07) is 0.166. The average molecular weight is 193 g/mol. The first-order valence-corrected chi connectivity index (χ1v) is 4.71. The third-order valence-electron chi connectivity index (χ3n) is 2.46. The Morgan fingerprint density at radius 3 is 2.77 bits per heavy atom. The van der Waals surface area contributed by atoms with Crippen LogP contribution in [0.3, 0.4) is 0 Å². The maximum Gasteiger partial charge on any atom is 0.260 e. The minimum Gasteiger partial charge on any atom is -0.380 e. The van der Waals surface area contributed by atoms with Crippen LogP contribution in [0.25, 0.3) is 0 Å². The molecule has 0 saturated carbocycles. The van der Waals surface area contributed by atoms with Crippen molar-refractivity contribution in [3.63, 3.8) is 0 Å². The van der Waals surface area contributed by atoms with Gasteiger partial charge in [0.1, 0.15) is 0 Å². The maximum atomic E-state index is 12.9. The summed E-state index contributed by atoms with van der Waals surface area (Å²) in [4.78, 5) is 1.69. The van der Waals surface area contributed by atoms with Crippen LogP contribution in [0.2, 0.25) is 0 Å². The van der Waals surface area contributed by atoms with Gasteiger partial charge in [-0.05, 0) is 20.4 Å². The van der Waals surface area contributed by atoms with E-state index in [0.29, 0.717) is 19.6 Å². The molecule has 1 unspecified atom stereocenters. The summed E-state index contributed by atoms with van der Waals surface area (Å²) in [5.41, 5.74) is 0. The molecule has 78 valence electrons. The Bertz CT molecular complexity index is 164. The van der Waals surface area contributed by atoms with Gasteiger partial charge in [-0.25, -0.2) is 8.78 Å². The normalized spacial score (nSPS) is 29.1. The van der Waals surface area contributed by atoms with E-state index in [1.165, 1.54) is 0 Å². The van der Waals surface area contributed by atoms with Crippen molar-refractivity contribution in [2.75, 3.05) is 26.8 Å². The Morgan fingerprint density at radius 2 is 2.23 bits per heavy atom. The fraction of sp³-hybridized carbons (Fsp3) is 1.00. The van der Waals surface area contributed by atoms with Crippen molar-refractivity contribution < 1.29 is 13.5 Å². The van der Waals surface area contributed by atoms with Gasteiger partial charge in [0.15, 0.2) is 0 Å². The molecule has 1 aliphatic rings. The van der Waals surface area contributed by atoms with Gasteiger partial charge in [0.05, 0.1) is 13.2 Å². The zero-order valence-electron chi connectivity index (χ0n) is 8.22. The zero-order valence-corrected chi connectivity index (χ0v) is 8.22. The van der Waals surface area contributed by atoms with E-state index in [9.17, 15) is 8.78 Å². The predicted octanol–water partition coefficient (Wildman–Crippen LogP) is 1.75. The summed E-state index contributed by atoms with van der Waals surface area (Å²) in [5.74, 6) is -2.50. The van der Waals surface area contributed by atoms with Crippen LogP contribution in [0.5, 0.6) is 0 Å². The highest BCUT2D eigenvalue weighted by Gasteiger charge is 2.38. The van der Waals surface area contributed by atoms with Crippen LogP contribution in [-0.2, 0) is 4.74 Å². The molecule has 2 nitrogen and oxygen atoms in total. The Kier molecular flexibility index (Phi) is 3.62. The Labute approximate surface area is 77.9 Å². The van der Waals surface area contributed by atoms with Crippen LogP contribution in [0, 0.1) is 0 Å². The Morgan fingerprint density at radius 1 is 1.54 bits per heavy atom. The van der Waals surface area contributed by atoms with E-state index in [-0.39, 0.29) is 19.0 Å². The van der Waals surface area contributed by atoms with Crippen molar-refractivity contribution >= 4 is 0 Å². The average Bonchev–Trinajstić information content (AvgIpc) is 2.02. The summed E-state index contributed by atoms with van der Waals surface area (Å²) in [6.07, 6.45) is 0.526. The number of rotatable bonds is 3. The molecule has 1 fully saturated rings. The minimum atomic E-state index is -2.50. The molecule has 1 aliphatic heterocycles. The number of likely N-dealkylation sites (tertiary alicyclic amines) is 1. The zero-order chi connectivity index (χ0) is 9.90. The fourth-order valence-corrected chi connectivity index (χ4v) is 1.64. The van der Waals surface area contributed by atoms with E-state index < -0.39 is 5.92 Å². The predicted molar refractivity (Wildman–Crippen MR) is 47.1 cm³/mol. The first-order chi connectivity index (χ1) is 6.05. The van der Waals surface area contributed by atoms with Gasteiger partial charge in [-0.2, -0.15) is 0 Å². The highest BCUT2D eigenvalue weighted by atomic mass is 19.3. The standard InChI is InChI=1S/C9H17F2NO/c1-3-13-6-8-4-5-9(10,11)7-12(8)2/h8H,3-7H2,1-2H3. The summed E-state index contributed by atoms with van der Waals surface area (Å²) >= 11 is 0. The van der Waals surface area contributed by atoms with E-state index >= 15 is 0 Å². The number of likely N-dealkylation sites (N-methyl/N-ethyl adjacent to an activating group) is 1. The van der Waals surface area contributed by atoms with Gasteiger partial charge in [-0.1, -0.05) is 0 Å². The molecule has 13 heavy (non-hydrogen) atoms. The van der Waals surface area contributed by atoms with Gasteiger partial charge < -0.3 is 4.74 Å². The summed E-state index contributed by atoms with van der Waals surface area (Å²) < 4.78 is 31.0. The van der Waals surface area contributed by atoms with Gasteiger partial charge >= 0.3 is 0 Å². The number of piperidine rings is 1. The molecule has 1 rings (SSSR count). The van der Waals surface area contributed by atoms with E-state index in [4.69, 9.17) is 4.74 Å². The molecule has 0 spiro atoms. The number of hydrogen-bond acceptors (Lipinski definition) is 2. The molecule has 0 aromatic carbocycles. The summed E-state index contributed by atoms with van der Waals surface area (Å²) in [6.45, 7) is 3.01. The highest BCUT2D eigenvalue weighted by Crippen LogP contribution is 2.29. The Hall–Kier alpha value is -0.220. The molecule has 0 N–H and O–H groups in total. The third-order valence-corrected chi connectivity index (χ3v) is 2.46. The van der Waals surface area contributed by atoms with Crippen LogP contribution in [0.1, 0.15) is 19.8 Å². The Balaban J connectivity index is 2.35. The number of hydrogen-bond donors (Lipinski definition) is 0. The van der Waals surface area contributed by atoms with Crippen LogP contribution < -0.4 is 0 Å². The lowest BCUT2D eigenvalue weighted by molar-refractivity contribution is -0.0862. The SMILES string of the molecule is CCOCC1CCC(F)(F)CN1C. The second-order valence-corrected chi connectivity index (χ2v) is 3.62. The third kappa shape index (κ3) is 3.19. The van der Waals surface area contributed by atoms with E-state index in [1.807, 2.05) is 6.92 Å². The number of nitrogens with zero attached hydrogens (tertiary/aromatic N) is 1. The topological polar surface area (TPSA) is 12.5 Å². The second kappa shape index (κ2) is 4.33. The molecule has 0 bridgehead atoms. The van der Waals surface area contributed by atoms with Gasteiger partial charge in [0.2, 0.25) is 0 Å². The lowest BCUT2D eigenvalue weighted by Gasteiger charge is -2.36. The molecule has 0 aliphatic carbocycles. The fourth-order valence-electron chi connectivity index (χ4n) is 1.64. The molecule has 4 heteroatoms. The molecule has 0 radical (unpaired) electrons. The van der Waals surface area contributed by atoms with Crippen molar-refractivity contribution in [2.24, 2.45) is 0 Å². The molecule has 0 aromatic rings. The van der Waals surface area contributed by atoms with Crippen molar-refractivity contribution in [3.05, 3.63) is 0 Å². The molecule has 1 atom stereocenters. The molecule has 1 heterocycles. The van der Waals surface area contributed by atoms with Crippen molar-refractivity contribution in [3.8, 4) is 0 Å². The minimum absolute atomic E-state index is 0.00488. The van der Waals surface area contributed by atoms with E-state index in [0.717, 1.165) is 0 Å². The number of alkyl halides is 2. The largest absolute Gasteiger partial charge is 0.380 e. The molecule has 0 amide bonds. The highest BCUT2D eigenvalue weighted by molar-refractivity contribution is 4.83. The summed E-state index contributed by atoms with van der Waals surface area (Å²) in [5, 5.41) is 0. The lowest BCUT2D eigenvalue weighted by Crippen LogP contribution is -2.48. The second-order valence-electron chi connectivity index (χ2n) is 3.62. The van der Waals surface area contributed by atoms with Crippen LogP contribution in [0.15, 0.2) is 0 Å². The van der Waals surface area contributed by atoms with Gasteiger partial charge in [-0.3, -0.25) is 4.90 Å². The van der Waals surface area contributed by atoms with Crippen LogP contribution in [-0.4, -0.2) is 43.7 Å². The first kappa shape index (κ1) is 10.9. The van der Waals surface area contributed by atoms with E-state index in [1.54, 1.807) is 11.9 Å². The monoisotopic (exact) mass is 193 g/mol. The molecular weight excluding hydrogens is 176 g/mol. The van der Waals surface area contributed by atoms with Gasteiger partial charge in [0, 0.05) is 19.1 Å². The number of halogens is 2. The van der Waals surface area contributed by atoms with E-state index in [2.05, 4.69) is 0 Å². The lowest BCUT2D eigenvalue weighted by atomic mass is 10.0. The summed E-state index contributed by atoms with van der Waals surface area (Å²) in [7, 11) is 1.73. The molecular formula is C9H17F2NO. The smallest absolute Gasteiger partial charge is 0.260 e. The maximum absolute atomic E-state index is 12.9. The van der Waals surface area contributed by atoms with Crippen molar-refractivity contribution in [2.45, 2.75) is 31.7 Å². The quantitative estimate of drug-likeness (QED) is 0.677. The van der Waals surface area contributed by atoms with Crippen molar-refractivity contribution in [1.82, 2.24) is 4.90 Å². The van der Waals surface area contributed by atoms with Crippen LogP contribution in [0.4, 0.5) is 8.78 Å². The van der Waals surface area contributed by atoms with Gasteiger partial charge in [-0.15, -0.1) is 0 Å². The molecule has 1 saturated heterocycles. The first-order valence-electron chi connectivity index (χ1n) is 4.71. The number of ether oxygens (including phenoxy) is 1. The molecule has 0 aromatic heterocycles. The van der Waals surface area contributed by atoms with Crippen LogP contribution >= 0.6 is 0 Å². The van der Waals surface area contributed by atoms with Crippen molar-refractivity contribution in [1.29, 1.82) is 0 Å².